The van der Waals surface area contributed by atoms with Crippen LogP contribution < -0.4 is 15.0 Å². The van der Waals surface area contributed by atoms with Crippen LogP contribution in [0, 0.1) is 26.0 Å². The van der Waals surface area contributed by atoms with Crippen molar-refractivity contribution >= 4 is 40.0 Å². The summed E-state index contributed by atoms with van der Waals surface area (Å²) in [4.78, 5) is 34.4. The number of amides is 1. The SMILES string of the molecule is COCCN(Cc1ccccc1)c1cc(NC(C)=O)c(N=Nc2cc(F)c([N+](=O)[O-])cc2[N+](=O)[O-])cc1OC. The second-order valence-corrected chi connectivity index (χ2v) is 8.13. The topological polar surface area (TPSA) is 162 Å². The van der Waals surface area contributed by atoms with Gasteiger partial charge in [-0.25, -0.2) is 0 Å². The van der Waals surface area contributed by atoms with Crippen molar-refractivity contribution in [3.8, 4) is 5.75 Å². The molecule has 14 heteroatoms. The Morgan fingerprint density at radius 2 is 1.67 bits per heavy atom. The second-order valence-electron chi connectivity index (χ2n) is 8.13. The Hall–Kier alpha value is -4.98. The zero-order valence-electron chi connectivity index (χ0n) is 21.3. The molecule has 204 valence electrons. The third kappa shape index (κ3) is 7.29. The van der Waals surface area contributed by atoms with Crippen LogP contribution in [0.1, 0.15) is 12.5 Å². The number of anilines is 2. The van der Waals surface area contributed by atoms with Gasteiger partial charge in [-0.1, -0.05) is 30.3 Å². The molecular weight excluding hydrogens is 515 g/mol. The van der Waals surface area contributed by atoms with E-state index in [2.05, 4.69) is 15.5 Å². The highest BCUT2D eigenvalue weighted by Crippen LogP contribution is 2.41. The van der Waals surface area contributed by atoms with E-state index in [-0.39, 0.29) is 11.4 Å². The fraction of sp³-hybridized carbons (Fsp3) is 0.240. The maximum Gasteiger partial charge on any atom is 0.311 e. The molecule has 1 N–H and O–H groups in total. The highest BCUT2D eigenvalue weighted by Gasteiger charge is 2.25. The van der Waals surface area contributed by atoms with Crippen LogP contribution in [0.3, 0.4) is 0 Å². The van der Waals surface area contributed by atoms with Crippen LogP contribution in [0.15, 0.2) is 64.8 Å². The Morgan fingerprint density at radius 1 is 1.00 bits per heavy atom. The van der Waals surface area contributed by atoms with E-state index in [9.17, 15) is 29.4 Å². The minimum Gasteiger partial charge on any atom is -0.494 e. The zero-order valence-corrected chi connectivity index (χ0v) is 21.3. The fourth-order valence-corrected chi connectivity index (χ4v) is 3.65. The van der Waals surface area contributed by atoms with Gasteiger partial charge >= 0.3 is 11.4 Å². The van der Waals surface area contributed by atoms with Gasteiger partial charge in [0.25, 0.3) is 0 Å². The molecular formula is C25H25FN6O7. The molecule has 0 bridgehead atoms. The summed E-state index contributed by atoms with van der Waals surface area (Å²) in [6, 6.07) is 13.7. The molecule has 0 aliphatic carbocycles. The molecule has 3 rings (SSSR count). The number of azo groups is 1. The largest absolute Gasteiger partial charge is 0.494 e. The molecule has 0 spiro atoms. The molecule has 13 nitrogen and oxygen atoms in total. The van der Waals surface area contributed by atoms with Gasteiger partial charge in [0.15, 0.2) is 5.69 Å². The molecule has 0 heterocycles. The number of nitrogens with one attached hydrogen (secondary N) is 1. The van der Waals surface area contributed by atoms with Gasteiger partial charge in [0.1, 0.15) is 11.4 Å². The van der Waals surface area contributed by atoms with Gasteiger partial charge in [0, 0.05) is 39.3 Å². The second kappa shape index (κ2) is 13.0. The van der Waals surface area contributed by atoms with Gasteiger partial charge in [-0.3, -0.25) is 25.0 Å². The van der Waals surface area contributed by atoms with E-state index in [4.69, 9.17) is 9.47 Å². The zero-order chi connectivity index (χ0) is 28.5. The Morgan fingerprint density at radius 3 is 2.26 bits per heavy atom. The van der Waals surface area contributed by atoms with Gasteiger partial charge in [-0.2, -0.15) is 4.39 Å². The summed E-state index contributed by atoms with van der Waals surface area (Å²) in [6.45, 7) is 2.63. The van der Waals surface area contributed by atoms with Crippen LogP contribution in [-0.2, 0) is 16.1 Å². The van der Waals surface area contributed by atoms with Crippen LogP contribution in [0.2, 0.25) is 0 Å². The van der Waals surface area contributed by atoms with Crippen molar-refractivity contribution in [1.29, 1.82) is 0 Å². The van der Waals surface area contributed by atoms with Gasteiger partial charge in [-0.05, 0) is 11.6 Å². The lowest BCUT2D eigenvalue weighted by Crippen LogP contribution is -2.27. The first-order valence-corrected chi connectivity index (χ1v) is 11.5. The first-order valence-electron chi connectivity index (χ1n) is 11.5. The summed E-state index contributed by atoms with van der Waals surface area (Å²) in [5, 5.41) is 32.9. The number of halogens is 1. The van der Waals surface area contributed by atoms with Crippen LogP contribution in [0.25, 0.3) is 0 Å². The summed E-state index contributed by atoms with van der Waals surface area (Å²) in [7, 11) is 3.01. The summed E-state index contributed by atoms with van der Waals surface area (Å²) in [5.41, 5.74) is -0.592. The number of carbonyl (C=O) groups is 1. The number of carbonyl (C=O) groups excluding carboxylic acids is 1. The van der Waals surface area contributed by atoms with Crippen molar-refractivity contribution < 1.29 is 28.5 Å². The molecule has 0 unspecified atom stereocenters. The third-order valence-corrected chi connectivity index (χ3v) is 5.43. The van der Waals surface area contributed by atoms with Crippen LogP contribution in [0.4, 0.5) is 38.5 Å². The van der Waals surface area contributed by atoms with Crippen molar-refractivity contribution in [2.75, 3.05) is 37.6 Å². The Labute approximate surface area is 222 Å². The third-order valence-electron chi connectivity index (χ3n) is 5.43. The van der Waals surface area contributed by atoms with Gasteiger partial charge in [0.05, 0.1) is 41.0 Å². The number of ether oxygens (including phenoxy) is 2. The van der Waals surface area contributed by atoms with Crippen molar-refractivity contribution in [2.45, 2.75) is 13.5 Å². The number of nitrogens with zero attached hydrogens (tertiary/aromatic N) is 5. The van der Waals surface area contributed by atoms with Gasteiger partial charge in [0.2, 0.25) is 11.7 Å². The minimum absolute atomic E-state index is 0.0465. The lowest BCUT2D eigenvalue weighted by atomic mass is 10.1. The molecule has 0 fully saturated rings. The number of nitro benzene ring substituents is 2. The van der Waals surface area contributed by atoms with Gasteiger partial charge < -0.3 is 19.7 Å². The lowest BCUT2D eigenvalue weighted by Gasteiger charge is -2.27. The minimum atomic E-state index is -1.32. The summed E-state index contributed by atoms with van der Waals surface area (Å²) in [6.07, 6.45) is 0. The van der Waals surface area contributed by atoms with Crippen LogP contribution in [-0.4, -0.2) is 43.1 Å². The smallest absolute Gasteiger partial charge is 0.311 e. The highest BCUT2D eigenvalue weighted by molar-refractivity contribution is 5.93. The van der Waals surface area contributed by atoms with Crippen molar-refractivity contribution in [1.82, 2.24) is 0 Å². The fourth-order valence-electron chi connectivity index (χ4n) is 3.65. The summed E-state index contributed by atoms with van der Waals surface area (Å²) < 4.78 is 25.0. The number of methoxy groups -OCH3 is 2. The average molecular weight is 541 g/mol. The van der Waals surface area contributed by atoms with E-state index in [0.717, 1.165) is 5.56 Å². The first kappa shape index (κ1) is 28.6. The van der Waals surface area contributed by atoms with Gasteiger partial charge in [-0.15, -0.1) is 10.2 Å². The summed E-state index contributed by atoms with van der Waals surface area (Å²) >= 11 is 0. The van der Waals surface area contributed by atoms with Crippen LogP contribution >= 0.6 is 0 Å². The molecule has 1 amide bonds. The Balaban J connectivity index is 2.11. The van der Waals surface area contributed by atoms with E-state index in [1.807, 2.05) is 35.2 Å². The summed E-state index contributed by atoms with van der Waals surface area (Å²) in [5.74, 6) is -1.40. The van der Waals surface area contributed by atoms with Crippen molar-refractivity contribution in [3.63, 3.8) is 0 Å². The van der Waals surface area contributed by atoms with E-state index in [1.54, 1.807) is 13.2 Å². The predicted octanol–water partition coefficient (Wildman–Crippen LogP) is 5.68. The molecule has 39 heavy (non-hydrogen) atoms. The number of benzene rings is 3. The average Bonchev–Trinajstić information content (AvgIpc) is 2.90. The molecule has 3 aromatic rings. The van der Waals surface area contributed by atoms with Crippen LogP contribution in [0.5, 0.6) is 5.75 Å². The predicted molar refractivity (Wildman–Crippen MR) is 141 cm³/mol. The van der Waals surface area contributed by atoms with E-state index in [1.165, 1.54) is 20.1 Å². The van der Waals surface area contributed by atoms with E-state index >= 15 is 0 Å². The van der Waals surface area contributed by atoms with Crippen molar-refractivity contribution in [3.05, 3.63) is 86.2 Å². The first-order chi connectivity index (χ1) is 18.6. The van der Waals surface area contributed by atoms with E-state index < -0.39 is 38.6 Å². The Bertz CT molecular complexity index is 1400. The maximum atomic E-state index is 14.2. The Kier molecular flexibility index (Phi) is 9.53. The maximum absolute atomic E-state index is 14.2. The molecule has 0 aliphatic heterocycles. The van der Waals surface area contributed by atoms with E-state index in [0.29, 0.717) is 43.3 Å². The molecule has 3 aromatic carbocycles. The van der Waals surface area contributed by atoms with Crippen molar-refractivity contribution in [2.24, 2.45) is 10.2 Å². The number of hydrogen-bond acceptors (Lipinski definition) is 10. The quantitative estimate of drug-likeness (QED) is 0.174. The molecule has 0 radical (unpaired) electrons. The lowest BCUT2D eigenvalue weighted by molar-refractivity contribution is -0.395. The highest BCUT2D eigenvalue weighted by atomic mass is 19.1. The normalized spacial score (nSPS) is 10.9. The molecule has 0 aliphatic rings. The molecule has 0 saturated heterocycles. The monoisotopic (exact) mass is 540 g/mol. The number of rotatable bonds is 12. The molecule has 0 aromatic heterocycles. The standard InChI is InChI=1S/C25H25FN6O7/c1-16(33)27-19-12-24(30(9-10-38-2)15-17-7-5-4-6-8-17)25(39-3)13-20(19)28-29-21-11-18(26)22(31(34)35)14-23(21)32(36)37/h4-8,11-14H,9-10,15H2,1-3H3,(H,27,33). The number of hydrogen-bond donors (Lipinski definition) is 1. The molecule has 0 atom stereocenters. The molecule has 0 saturated carbocycles. The number of nitro groups is 2.